The molecule has 0 aliphatic heterocycles. The van der Waals surface area contributed by atoms with E-state index in [0.717, 1.165) is 166 Å². The van der Waals surface area contributed by atoms with E-state index in [0.29, 0.717) is 0 Å². The lowest BCUT2D eigenvalue weighted by Crippen LogP contribution is -2.13. The van der Waals surface area contributed by atoms with E-state index in [2.05, 4.69) is 207 Å². The Bertz CT molecular complexity index is 4770. The van der Waals surface area contributed by atoms with Crippen LogP contribution in [0.5, 0.6) is 0 Å². The molecule has 0 atom stereocenters. The van der Waals surface area contributed by atoms with Crippen LogP contribution in [0.2, 0.25) is 0 Å². The van der Waals surface area contributed by atoms with E-state index in [1.54, 1.807) is 0 Å². The zero-order chi connectivity index (χ0) is 47.9. The number of fused-ring (bicyclic) bond motifs is 15. The molecule has 0 amide bonds. The summed E-state index contributed by atoms with van der Waals surface area (Å²) < 4.78 is 27.2. The molecular weight excluding hydrogens is 885 g/mol. The second kappa shape index (κ2) is 15.1. The van der Waals surface area contributed by atoms with Crippen molar-refractivity contribution in [1.29, 1.82) is 0 Å². The second-order valence-corrected chi connectivity index (χ2v) is 19.4. The fourth-order valence-corrected chi connectivity index (χ4v) is 11.6. The number of benzene rings is 11. The minimum absolute atomic E-state index is 0.750. The Balaban J connectivity index is 0.878. The summed E-state index contributed by atoms with van der Waals surface area (Å²) in [5.41, 5.74) is 17.4. The number of hydrogen-bond acceptors (Lipinski definition) is 6. The van der Waals surface area contributed by atoms with Crippen LogP contribution in [0.15, 0.2) is 212 Å². The lowest BCUT2D eigenvalue weighted by atomic mass is 9.99. The summed E-state index contributed by atoms with van der Waals surface area (Å²) >= 11 is 0. The molecule has 0 aliphatic carbocycles. The monoisotopic (exact) mass is 928 g/mol. The van der Waals surface area contributed by atoms with Crippen molar-refractivity contribution < 1.29 is 17.7 Å². The molecule has 15 aromatic rings. The normalized spacial score (nSPS) is 12.2. The van der Waals surface area contributed by atoms with Gasteiger partial charge in [0.25, 0.3) is 0 Å². The molecule has 0 radical (unpaired) electrons. The molecule has 4 aromatic heterocycles. The summed E-state index contributed by atoms with van der Waals surface area (Å²) in [4.78, 5) is 4.67. The average molecular weight is 929 g/mol. The molecule has 0 aliphatic rings. The average Bonchev–Trinajstić information content (AvgIpc) is 4.17. The molecule has 0 spiro atoms. The van der Waals surface area contributed by atoms with Crippen molar-refractivity contribution in [3.8, 4) is 0 Å². The number of rotatable bonds is 6. The van der Waals surface area contributed by atoms with E-state index in [1.807, 2.05) is 24.3 Å². The highest BCUT2D eigenvalue weighted by molar-refractivity contribution is 6.23. The Hall–Kier alpha value is -9.26. The first-order valence-electron chi connectivity index (χ1n) is 24.6. The molecule has 4 heterocycles. The van der Waals surface area contributed by atoms with Crippen LogP contribution < -0.4 is 9.80 Å². The quantitative estimate of drug-likeness (QED) is 0.166. The first-order chi connectivity index (χ1) is 35.3. The summed E-state index contributed by atoms with van der Waals surface area (Å²) in [5.74, 6) is 0. The highest BCUT2D eigenvalue weighted by atomic mass is 16.4. The number of aryl methyl sites for hydroxylation is 4. The predicted molar refractivity (Wildman–Crippen MR) is 299 cm³/mol. The molecule has 342 valence electrons. The number of nitrogens with zero attached hydrogens (tertiary/aromatic N) is 2. The standard InChI is InChI=1S/C66H44N2O4/c1-37-14-5-9-19-54(37)67(56-21-13-18-49-47-16-7-11-22-57(47)69-63(49)56)45-27-25-41-33-51-52-30-40(4)61-53-34-42-26-28-46(32-44(42)36-60(53)72-66(61)65(52)71-59(51)35-43(41)31-45)68(55-20-10-6-15-38(55)2)62-39(3)24-29-50-48-17-8-12-23-58(48)70-64(50)62/h5-36H,1-4H3. The Labute approximate surface area is 413 Å². The maximum Gasteiger partial charge on any atom is 0.178 e. The lowest BCUT2D eigenvalue weighted by molar-refractivity contribution is 0.633. The molecule has 6 nitrogen and oxygen atoms in total. The van der Waals surface area contributed by atoms with Crippen LogP contribution in [0.25, 0.3) is 109 Å². The van der Waals surface area contributed by atoms with Crippen LogP contribution in [0.1, 0.15) is 22.3 Å². The first kappa shape index (κ1) is 40.6. The second-order valence-electron chi connectivity index (χ2n) is 19.4. The first-order valence-corrected chi connectivity index (χ1v) is 24.6. The lowest BCUT2D eigenvalue weighted by Gasteiger charge is -2.28. The van der Waals surface area contributed by atoms with Crippen molar-refractivity contribution in [2.75, 3.05) is 9.80 Å². The molecule has 11 aromatic carbocycles. The van der Waals surface area contributed by atoms with Gasteiger partial charge in [0.2, 0.25) is 0 Å². The molecule has 0 bridgehead atoms. The van der Waals surface area contributed by atoms with Gasteiger partial charge in [0.05, 0.1) is 11.4 Å². The maximum atomic E-state index is 6.96. The summed E-state index contributed by atoms with van der Waals surface area (Å²) in [5, 5.41) is 13.0. The molecule has 15 rings (SSSR count). The number of anilines is 6. The minimum Gasteiger partial charge on any atom is -0.454 e. The van der Waals surface area contributed by atoms with Crippen molar-refractivity contribution in [1.82, 2.24) is 0 Å². The fraction of sp³-hybridized carbons (Fsp3) is 0.0606. The number of para-hydroxylation sites is 5. The Kier molecular flexibility index (Phi) is 8.53. The summed E-state index contributed by atoms with van der Waals surface area (Å²) in [6.07, 6.45) is 0. The van der Waals surface area contributed by atoms with Gasteiger partial charge in [-0.2, -0.15) is 0 Å². The predicted octanol–water partition coefficient (Wildman–Crippen LogP) is 19.8. The van der Waals surface area contributed by atoms with E-state index >= 15 is 0 Å². The van der Waals surface area contributed by atoms with Crippen LogP contribution >= 0.6 is 0 Å². The molecule has 0 saturated carbocycles. The van der Waals surface area contributed by atoms with E-state index in [9.17, 15) is 0 Å². The van der Waals surface area contributed by atoms with Crippen molar-refractivity contribution in [2.45, 2.75) is 27.7 Å². The zero-order valence-corrected chi connectivity index (χ0v) is 40.0. The summed E-state index contributed by atoms with van der Waals surface area (Å²) in [7, 11) is 0. The Morgan fingerprint density at radius 3 is 1.50 bits per heavy atom. The van der Waals surface area contributed by atoms with Gasteiger partial charge in [0.1, 0.15) is 22.3 Å². The largest absolute Gasteiger partial charge is 0.454 e. The van der Waals surface area contributed by atoms with Crippen LogP contribution in [-0.4, -0.2) is 0 Å². The molecule has 72 heavy (non-hydrogen) atoms. The topological polar surface area (TPSA) is 59.0 Å². The van der Waals surface area contributed by atoms with Crippen molar-refractivity contribution >= 4 is 143 Å². The van der Waals surface area contributed by atoms with Gasteiger partial charge in [-0.3, -0.25) is 0 Å². The third-order valence-electron chi connectivity index (χ3n) is 15.1. The molecule has 6 heteroatoms. The SMILES string of the molecule is Cc1ccccc1N(c1ccc2cc3c(cc2c1)oc1c3cc(C)c2c3cc4ccc(N(c5ccccc5C)c5c(C)ccc6c5oc5ccccc56)cc4cc3oc12)c1cccc2c1oc1ccccc12. The van der Waals surface area contributed by atoms with Crippen molar-refractivity contribution in [2.24, 2.45) is 0 Å². The van der Waals surface area contributed by atoms with Crippen LogP contribution in [0.4, 0.5) is 34.1 Å². The number of furan rings is 4. The fourth-order valence-electron chi connectivity index (χ4n) is 11.6. The van der Waals surface area contributed by atoms with Crippen molar-refractivity contribution in [3.05, 3.63) is 216 Å². The number of hydrogen-bond donors (Lipinski definition) is 0. The third kappa shape index (κ3) is 5.90. The maximum absolute atomic E-state index is 6.96. The highest BCUT2D eigenvalue weighted by Gasteiger charge is 2.26. The van der Waals surface area contributed by atoms with Gasteiger partial charge in [0, 0.05) is 65.8 Å². The van der Waals surface area contributed by atoms with E-state index in [4.69, 9.17) is 17.7 Å². The van der Waals surface area contributed by atoms with E-state index in [1.165, 1.54) is 0 Å². The smallest absolute Gasteiger partial charge is 0.178 e. The van der Waals surface area contributed by atoms with Gasteiger partial charge in [-0.05, 0) is 156 Å². The van der Waals surface area contributed by atoms with Crippen LogP contribution in [0.3, 0.4) is 0 Å². The van der Waals surface area contributed by atoms with Crippen molar-refractivity contribution in [3.63, 3.8) is 0 Å². The zero-order valence-electron chi connectivity index (χ0n) is 40.0. The molecule has 0 N–H and O–H groups in total. The molecular formula is C66H44N2O4. The van der Waals surface area contributed by atoms with Gasteiger partial charge in [0.15, 0.2) is 22.3 Å². The van der Waals surface area contributed by atoms with E-state index in [-0.39, 0.29) is 0 Å². The Morgan fingerprint density at radius 1 is 0.278 bits per heavy atom. The van der Waals surface area contributed by atoms with Gasteiger partial charge >= 0.3 is 0 Å². The van der Waals surface area contributed by atoms with Crippen LogP contribution in [0, 0.1) is 27.7 Å². The van der Waals surface area contributed by atoms with Gasteiger partial charge in [-0.25, -0.2) is 0 Å². The highest BCUT2D eigenvalue weighted by Crippen LogP contribution is 2.49. The van der Waals surface area contributed by atoms with E-state index < -0.39 is 0 Å². The summed E-state index contributed by atoms with van der Waals surface area (Å²) in [6.45, 7) is 8.68. The van der Waals surface area contributed by atoms with Gasteiger partial charge in [-0.15, -0.1) is 0 Å². The molecule has 0 unspecified atom stereocenters. The van der Waals surface area contributed by atoms with Gasteiger partial charge in [-0.1, -0.05) is 109 Å². The van der Waals surface area contributed by atoms with Crippen LogP contribution in [-0.2, 0) is 0 Å². The molecule has 0 fully saturated rings. The third-order valence-corrected chi connectivity index (χ3v) is 15.1. The van der Waals surface area contributed by atoms with Gasteiger partial charge < -0.3 is 27.5 Å². The summed E-state index contributed by atoms with van der Waals surface area (Å²) in [6, 6.07) is 69.0. The molecule has 0 saturated heterocycles. The Morgan fingerprint density at radius 2 is 0.806 bits per heavy atom. The minimum atomic E-state index is 0.750.